The smallest absolute Gasteiger partial charge is 0.160 e. The van der Waals surface area contributed by atoms with Gasteiger partial charge in [-0.05, 0) is 30.3 Å². The van der Waals surface area contributed by atoms with Crippen molar-refractivity contribution in [3.05, 3.63) is 77.8 Å². The van der Waals surface area contributed by atoms with Gasteiger partial charge >= 0.3 is 0 Å². The molecule has 0 aliphatic rings. The van der Waals surface area contributed by atoms with E-state index >= 15 is 0 Å². The van der Waals surface area contributed by atoms with Crippen LogP contribution in [0.2, 0.25) is 5.02 Å². The van der Waals surface area contributed by atoms with Crippen molar-refractivity contribution in [3.63, 3.8) is 0 Å². The Morgan fingerprint density at radius 1 is 0.800 bits per heavy atom. The molecule has 1 aromatic heterocycles. The van der Waals surface area contributed by atoms with Gasteiger partial charge in [0.2, 0.25) is 0 Å². The first-order valence-electron chi connectivity index (χ1n) is 7.92. The predicted octanol–water partition coefficient (Wildman–Crippen LogP) is 5.63. The van der Waals surface area contributed by atoms with E-state index in [2.05, 4.69) is 0 Å². The van der Waals surface area contributed by atoms with Crippen molar-refractivity contribution in [2.75, 3.05) is 7.11 Å². The number of hydrogen-bond acceptors (Lipinski definition) is 3. The lowest BCUT2D eigenvalue weighted by Gasteiger charge is -2.10. The van der Waals surface area contributed by atoms with Gasteiger partial charge in [-0.15, -0.1) is 0 Å². The van der Waals surface area contributed by atoms with Crippen LogP contribution in [0.4, 0.5) is 0 Å². The van der Waals surface area contributed by atoms with Gasteiger partial charge in [0.15, 0.2) is 5.82 Å². The highest BCUT2D eigenvalue weighted by molar-refractivity contribution is 6.31. The lowest BCUT2D eigenvalue weighted by atomic mass is 10.1. The average molecular weight is 347 g/mol. The number of benzene rings is 3. The minimum Gasteiger partial charge on any atom is -0.497 e. The van der Waals surface area contributed by atoms with Gasteiger partial charge < -0.3 is 4.74 Å². The molecule has 25 heavy (non-hydrogen) atoms. The van der Waals surface area contributed by atoms with Crippen LogP contribution < -0.4 is 4.74 Å². The molecule has 0 saturated heterocycles. The predicted molar refractivity (Wildman–Crippen MR) is 102 cm³/mol. The fourth-order valence-corrected chi connectivity index (χ4v) is 2.98. The second-order valence-electron chi connectivity index (χ2n) is 5.66. The fourth-order valence-electron chi connectivity index (χ4n) is 2.81. The molecule has 0 spiro atoms. The summed E-state index contributed by atoms with van der Waals surface area (Å²) in [6.45, 7) is 0. The van der Waals surface area contributed by atoms with Crippen molar-refractivity contribution in [2.45, 2.75) is 0 Å². The third-order valence-corrected chi connectivity index (χ3v) is 4.27. The van der Waals surface area contributed by atoms with Crippen LogP contribution in [0.3, 0.4) is 0 Å². The van der Waals surface area contributed by atoms with Crippen LogP contribution in [0.5, 0.6) is 5.75 Å². The van der Waals surface area contributed by atoms with Crippen molar-refractivity contribution < 1.29 is 4.74 Å². The number of rotatable bonds is 3. The van der Waals surface area contributed by atoms with E-state index in [0.29, 0.717) is 10.8 Å². The Balaban J connectivity index is 2.00. The maximum absolute atomic E-state index is 6.18. The summed E-state index contributed by atoms with van der Waals surface area (Å²) < 4.78 is 5.32. The summed E-state index contributed by atoms with van der Waals surface area (Å²) in [6.07, 6.45) is 0. The van der Waals surface area contributed by atoms with Crippen molar-refractivity contribution in [2.24, 2.45) is 0 Å². The molecule has 0 amide bonds. The van der Waals surface area contributed by atoms with E-state index in [4.69, 9.17) is 26.3 Å². The maximum atomic E-state index is 6.18. The Labute approximate surface area is 150 Å². The van der Waals surface area contributed by atoms with Gasteiger partial charge in [0.05, 0.1) is 18.3 Å². The third kappa shape index (κ3) is 3.06. The number of aromatic nitrogens is 2. The van der Waals surface area contributed by atoms with Gasteiger partial charge in [-0.25, -0.2) is 9.97 Å². The van der Waals surface area contributed by atoms with Crippen molar-refractivity contribution in [1.29, 1.82) is 0 Å². The van der Waals surface area contributed by atoms with Crippen molar-refractivity contribution in [1.82, 2.24) is 9.97 Å². The molecule has 0 unspecified atom stereocenters. The molecule has 122 valence electrons. The number of ether oxygens (including phenoxy) is 1. The van der Waals surface area contributed by atoms with E-state index in [0.717, 1.165) is 33.5 Å². The van der Waals surface area contributed by atoms with Crippen LogP contribution in [-0.2, 0) is 0 Å². The highest BCUT2D eigenvalue weighted by Gasteiger charge is 2.12. The molecule has 0 bridgehead atoms. The van der Waals surface area contributed by atoms with Gasteiger partial charge in [0.1, 0.15) is 5.75 Å². The summed E-state index contributed by atoms with van der Waals surface area (Å²) in [4.78, 5) is 9.55. The standard InChI is InChI=1S/C21H15ClN2O/c1-25-17-9-5-8-15(12-17)21-23-19-13-16(22)10-11-18(19)20(24-21)14-6-3-2-4-7-14/h2-13H,1H3. The molecule has 4 rings (SSSR count). The summed E-state index contributed by atoms with van der Waals surface area (Å²) in [5, 5.41) is 1.63. The van der Waals surface area contributed by atoms with Crippen molar-refractivity contribution in [3.8, 4) is 28.4 Å². The number of hydrogen-bond donors (Lipinski definition) is 0. The minimum atomic E-state index is 0.646. The van der Waals surface area contributed by atoms with Gasteiger partial charge in [0, 0.05) is 21.5 Å². The quantitative estimate of drug-likeness (QED) is 0.482. The van der Waals surface area contributed by atoms with Crippen molar-refractivity contribution >= 4 is 22.5 Å². The summed E-state index contributed by atoms with van der Waals surface area (Å²) in [5.41, 5.74) is 3.65. The molecule has 0 saturated carbocycles. The molecule has 3 aromatic carbocycles. The third-order valence-electron chi connectivity index (χ3n) is 4.03. The molecule has 0 radical (unpaired) electrons. The normalized spacial score (nSPS) is 10.8. The molecule has 0 aliphatic carbocycles. The van der Waals surface area contributed by atoms with E-state index < -0.39 is 0 Å². The van der Waals surface area contributed by atoms with E-state index in [1.807, 2.05) is 72.8 Å². The Morgan fingerprint density at radius 3 is 2.40 bits per heavy atom. The second-order valence-corrected chi connectivity index (χ2v) is 6.09. The van der Waals surface area contributed by atoms with E-state index in [9.17, 15) is 0 Å². The molecular formula is C21H15ClN2O. The van der Waals surface area contributed by atoms with Gasteiger partial charge in [-0.3, -0.25) is 0 Å². The molecule has 3 nitrogen and oxygen atoms in total. The van der Waals surface area contributed by atoms with Gasteiger partial charge in [0.25, 0.3) is 0 Å². The molecule has 0 aliphatic heterocycles. The monoisotopic (exact) mass is 346 g/mol. The minimum absolute atomic E-state index is 0.646. The summed E-state index contributed by atoms with van der Waals surface area (Å²) in [5.74, 6) is 1.42. The van der Waals surface area contributed by atoms with Crippen LogP contribution in [0, 0.1) is 0 Å². The van der Waals surface area contributed by atoms with Gasteiger partial charge in [-0.1, -0.05) is 54.1 Å². The largest absolute Gasteiger partial charge is 0.497 e. The second kappa shape index (κ2) is 6.54. The maximum Gasteiger partial charge on any atom is 0.160 e. The molecule has 4 aromatic rings. The number of nitrogens with zero attached hydrogens (tertiary/aromatic N) is 2. The zero-order valence-electron chi connectivity index (χ0n) is 13.6. The highest BCUT2D eigenvalue weighted by Crippen LogP contribution is 2.31. The SMILES string of the molecule is COc1cccc(-c2nc(-c3ccccc3)c3ccc(Cl)cc3n2)c1. The summed E-state index contributed by atoms with van der Waals surface area (Å²) >= 11 is 6.18. The summed E-state index contributed by atoms with van der Waals surface area (Å²) in [6, 6.07) is 23.5. The lowest BCUT2D eigenvalue weighted by molar-refractivity contribution is 0.415. The topological polar surface area (TPSA) is 35.0 Å². The molecule has 4 heteroatoms. The zero-order valence-corrected chi connectivity index (χ0v) is 14.4. The van der Waals surface area contributed by atoms with Crippen LogP contribution in [0.15, 0.2) is 72.8 Å². The first-order valence-corrected chi connectivity index (χ1v) is 8.29. The van der Waals surface area contributed by atoms with Crippen LogP contribution in [0.25, 0.3) is 33.5 Å². The van der Waals surface area contributed by atoms with Gasteiger partial charge in [-0.2, -0.15) is 0 Å². The first kappa shape index (κ1) is 15.6. The Bertz CT molecular complexity index is 1050. The van der Waals surface area contributed by atoms with Crippen LogP contribution >= 0.6 is 11.6 Å². The number of fused-ring (bicyclic) bond motifs is 1. The molecule has 0 atom stereocenters. The molecular weight excluding hydrogens is 332 g/mol. The molecule has 1 heterocycles. The summed E-state index contributed by atoms with van der Waals surface area (Å²) in [7, 11) is 1.65. The number of methoxy groups -OCH3 is 1. The van der Waals surface area contributed by atoms with Crippen LogP contribution in [-0.4, -0.2) is 17.1 Å². The zero-order chi connectivity index (χ0) is 17.2. The fraction of sp³-hybridized carbons (Fsp3) is 0.0476. The Morgan fingerprint density at radius 2 is 1.60 bits per heavy atom. The lowest BCUT2D eigenvalue weighted by Crippen LogP contribution is -1.95. The Hall–Kier alpha value is -2.91. The van der Waals surface area contributed by atoms with E-state index in [1.165, 1.54) is 0 Å². The van der Waals surface area contributed by atoms with E-state index in [1.54, 1.807) is 7.11 Å². The highest BCUT2D eigenvalue weighted by atomic mass is 35.5. The first-order chi connectivity index (χ1) is 12.2. The van der Waals surface area contributed by atoms with Crippen LogP contribution in [0.1, 0.15) is 0 Å². The average Bonchev–Trinajstić information content (AvgIpc) is 2.67. The van der Waals surface area contributed by atoms with E-state index in [-0.39, 0.29) is 0 Å². The molecule has 0 fully saturated rings. The molecule has 0 N–H and O–H groups in total. The Kier molecular flexibility index (Phi) is 4.08. The number of halogens is 1.